The number of H-pyrrole nitrogens is 1. The number of halogens is 1. The average molecular weight is 571 g/mol. The fourth-order valence-corrected chi connectivity index (χ4v) is 6.17. The molecule has 1 spiro atoms. The van der Waals surface area contributed by atoms with Gasteiger partial charge in [0.2, 0.25) is 0 Å². The van der Waals surface area contributed by atoms with Crippen molar-refractivity contribution in [1.82, 2.24) is 19.8 Å². The van der Waals surface area contributed by atoms with E-state index in [1.54, 1.807) is 15.9 Å². The quantitative estimate of drug-likeness (QED) is 0.409. The van der Waals surface area contributed by atoms with Crippen LogP contribution in [0.25, 0.3) is 11.3 Å². The van der Waals surface area contributed by atoms with Gasteiger partial charge in [-0.1, -0.05) is 0 Å². The number of fused-ring (bicyclic) bond motifs is 4. The number of likely N-dealkylation sites (tertiary alicyclic amines) is 2. The van der Waals surface area contributed by atoms with E-state index in [1.165, 1.54) is 12.1 Å². The molecule has 2 aromatic rings. The molecule has 0 aliphatic carbocycles. The van der Waals surface area contributed by atoms with Crippen molar-refractivity contribution in [2.45, 2.75) is 109 Å². The Morgan fingerprint density at radius 1 is 1.02 bits per heavy atom. The zero-order valence-corrected chi connectivity index (χ0v) is 25.5. The zero-order chi connectivity index (χ0) is 30.0. The third-order valence-corrected chi connectivity index (χ3v) is 8.08. The smallest absolute Gasteiger partial charge is 0.410 e. The molecule has 4 heterocycles. The number of nitrogens with zero attached hydrogens (tertiary/aromatic N) is 3. The summed E-state index contributed by atoms with van der Waals surface area (Å²) in [5, 5.41) is 0. The van der Waals surface area contributed by atoms with Crippen LogP contribution in [0.4, 0.5) is 14.0 Å². The molecule has 3 aliphatic heterocycles. The molecular formula is C31H43FN4O5. The number of carbonyl (C=O) groups is 2. The minimum Gasteiger partial charge on any atom is -0.480 e. The van der Waals surface area contributed by atoms with Gasteiger partial charge in [-0.3, -0.25) is 0 Å². The molecule has 5 rings (SSSR count). The highest BCUT2D eigenvalue weighted by molar-refractivity contribution is 5.74. The van der Waals surface area contributed by atoms with Crippen LogP contribution in [0.5, 0.6) is 5.75 Å². The Balaban J connectivity index is 1.42. The Morgan fingerprint density at radius 2 is 1.66 bits per heavy atom. The van der Waals surface area contributed by atoms with Gasteiger partial charge in [0.15, 0.2) is 5.60 Å². The average Bonchev–Trinajstić information content (AvgIpc) is 3.29. The first-order valence-electron chi connectivity index (χ1n) is 14.5. The van der Waals surface area contributed by atoms with E-state index in [0.717, 1.165) is 11.5 Å². The van der Waals surface area contributed by atoms with E-state index in [1.807, 2.05) is 55.4 Å². The van der Waals surface area contributed by atoms with E-state index in [4.69, 9.17) is 19.2 Å². The van der Waals surface area contributed by atoms with Gasteiger partial charge in [0.1, 0.15) is 28.6 Å². The summed E-state index contributed by atoms with van der Waals surface area (Å²) in [6.45, 7) is 16.7. The number of ether oxygens (including phenoxy) is 3. The molecule has 0 bridgehead atoms. The van der Waals surface area contributed by atoms with Crippen LogP contribution in [0, 0.1) is 5.82 Å². The zero-order valence-electron chi connectivity index (χ0n) is 25.5. The van der Waals surface area contributed by atoms with Crippen LogP contribution in [0.15, 0.2) is 18.2 Å². The summed E-state index contributed by atoms with van der Waals surface area (Å²) < 4.78 is 32.3. The normalized spacial score (nSPS) is 21.5. The molecule has 2 amide bonds. The Kier molecular flexibility index (Phi) is 7.06. The number of rotatable bonds is 1. The lowest BCUT2D eigenvalue weighted by molar-refractivity contribution is -0.0237. The molecule has 9 nitrogen and oxygen atoms in total. The second kappa shape index (κ2) is 9.91. The second-order valence-electron chi connectivity index (χ2n) is 14.2. The summed E-state index contributed by atoms with van der Waals surface area (Å²) in [5.41, 5.74) is -0.185. The molecule has 2 fully saturated rings. The highest BCUT2D eigenvalue weighted by atomic mass is 19.1. The van der Waals surface area contributed by atoms with Gasteiger partial charge in [-0.05, 0) is 86.4 Å². The molecule has 1 N–H and O–H groups in total. The van der Waals surface area contributed by atoms with Gasteiger partial charge in [-0.2, -0.15) is 0 Å². The van der Waals surface area contributed by atoms with Crippen molar-refractivity contribution in [2.75, 3.05) is 19.6 Å². The van der Waals surface area contributed by atoms with Gasteiger partial charge >= 0.3 is 12.2 Å². The highest BCUT2D eigenvalue weighted by Gasteiger charge is 2.48. The maximum Gasteiger partial charge on any atom is 0.410 e. The second-order valence-corrected chi connectivity index (χ2v) is 14.2. The largest absolute Gasteiger partial charge is 0.480 e. The Bertz CT molecular complexity index is 1330. The van der Waals surface area contributed by atoms with Crippen LogP contribution in [0.2, 0.25) is 0 Å². The number of aromatic nitrogens is 2. The van der Waals surface area contributed by atoms with Gasteiger partial charge in [0.25, 0.3) is 0 Å². The Labute approximate surface area is 241 Å². The van der Waals surface area contributed by atoms with E-state index in [9.17, 15) is 14.0 Å². The van der Waals surface area contributed by atoms with E-state index >= 15 is 0 Å². The minimum atomic E-state index is -0.726. The Hall–Kier alpha value is -3.30. The molecule has 2 saturated heterocycles. The molecule has 1 aromatic heterocycles. The van der Waals surface area contributed by atoms with E-state index in [0.29, 0.717) is 62.3 Å². The molecule has 10 heteroatoms. The van der Waals surface area contributed by atoms with Crippen LogP contribution in [0.1, 0.15) is 98.5 Å². The third kappa shape index (κ3) is 5.88. The lowest BCUT2D eigenvalue weighted by atomic mass is 9.82. The predicted molar refractivity (Wildman–Crippen MR) is 152 cm³/mol. The summed E-state index contributed by atoms with van der Waals surface area (Å²) in [6.07, 6.45) is 1.84. The van der Waals surface area contributed by atoms with E-state index in [-0.39, 0.29) is 23.9 Å². The van der Waals surface area contributed by atoms with Crippen molar-refractivity contribution in [2.24, 2.45) is 0 Å². The number of hydrogen-bond acceptors (Lipinski definition) is 6. The molecule has 0 saturated carbocycles. The molecular weight excluding hydrogens is 527 g/mol. The van der Waals surface area contributed by atoms with Crippen molar-refractivity contribution < 1.29 is 28.2 Å². The number of nitrogens with one attached hydrogen (secondary N) is 1. The molecule has 224 valence electrons. The number of amides is 2. The van der Waals surface area contributed by atoms with Crippen LogP contribution < -0.4 is 4.74 Å². The van der Waals surface area contributed by atoms with Gasteiger partial charge in [-0.25, -0.2) is 19.0 Å². The molecule has 1 aromatic carbocycles. The molecule has 3 aliphatic rings. The van der Waals surface area contributed by atoms with Gasteiger partial charge in [-0.15, -0.1) is 0 Å². The SMILES string of the molecule is CC(C)(C)OC(=O)N1CCC2(CC1)Oc1ccc(F)cc1-c1nc(C3CCN(C(=O)OC(C)(C)C)C(C)(C)C3)[nH]c12. The molecule has 0 radical (unpaired) electrons. The number of imidazole rings is 1. The number of carbonyl (C=O) groups excluding carboxylic acids is 2. The number of aromatic amines is 1. The van der Waals surface area contributed by atoms with Gasteiger partial charge in [0, 0.05) is 49.5 Å². The number of piperidine rings is 2. The lowest BCUT2D eigenvalue weighted by Gasteiger charge is -2.45. The summed E-state index contributed by atoms with van der Waals surface area (Å²) in [6, 6.07) is 4.53. The van der Waals surface area contributed by atoms with Crippen molar-refractivity contribution in [3.63, 3.8) is 0 Å². The van der Waals surface area contributed by atoms with Crippen molar-refractivity contribution >= 4 is 12.2 Å². The predicted octanol–water partition coefficient (Wildman–Crippen LogP) is 6.73. The first-order chi connectivity index (χ1) is 19.0. The van der Waals surface area contributed by atoms with Crippen molar-refractivity contribution in [1.29, 1.82) is 0 Å². The van der Waals surface area contributed by atoms with Crippen LogP contribution in [-0.4, -0.2) is 68.3 Å². The molecule has 41 heavy (non-hydrogen) atoms. The monoisotopic (exact) mass is 570 g/mol. The maximum atomic E-state index is 14.4. The topological polar surface area (TPSA) is 97.0 Å². The highest BCUT2D eigenvalue weighted by Crippen LogP contribution is 2.50. The van der Waals surface area contributed by atoms with Crippen LogP contribution in [-0.2, 0) is 15.1 Å². The number of benzene rings is 1. The summed E-state index contributed by atoms with van der Waals surface area (Å²) in [5.74, 6) is 1.10. The Morgan fingerprint density at radius 3 is 2.27 bits per heavy atom. The van der Waals surface area contributed by atoms with E-state index < -0.39 is 22.3 Å². The van der Waals surface area contributed by atoms with Gasteiger partial charge < -0.3 is 29.0 Å². The molecule has 1 atom stereocenters. The summed E-state index contributed by atoms with van der Waals surface area (Å²) in [7, 11) is 0. The fourth-order valence-electron chi connectivity index (χ4n) is 6.17. The van der Waals surface area contributed by atoms with Gasteiger partial charge in [0.05, 0.1) is 11.4 Å². The lowest BCUT2D eigenvalue weighted by Crippen LogP contribution is -2.53. The van der Waals surface area contributed by atoms with Crippen LogP contribution >= 0.6 is 0 Å². The van der Waals surface area contributed by atoms with Crippen molar-refractivity contribution in [3.8, 4) is 17.0 Å². The summed E-state index contributed by atoms with van der Waals surface area (Å²) >= 11 is 0. The first kappa shape index (κ1) is 29.2. The van der Waals surface area contributed by atoms with Crippen molar-refractivity contribution in [3.05, 3.63) is 35.5 Å². The first-order valence-corrected chi connectivity index (χ1v) is 14.5. The van der Waals surface area contributed by atoms with Crippen LogP contribution in [0.3, 0.4) is 0 Å². The number of hydrogen-bond donors (Lipinski definition) is 1. The summed E-state index contributed by atoms with van der Waals surface area (Å²) in [4.78, 5) is 37.9. The fraction of sp³-hybridized carbons (Fsp3) is 0.645. The third-order valence-electron chi connectivity index (χ3n) is 8.08. The minimum absolute atomic E-state index is 0.0604. The molecule has 1 unspecified atom stereocenters. The standard InChI is InChI=1S/C31H43FN4O5/c1-28(2,3)40-26(37)35-15-12-31(13-16-35)24-23(21-17-20(32)9-10-22(21)39-31)33-25(34-24)19-11-14-36(30(7,8)18-19)27(38)41-29(4,5)6/h9-10,17,19H,11-16,18H2,1-8H3,(H,33,34). The maximum absolute atomic E-state index is 14.4. The van der Waals surface area contributed by atoms with E-state index in [2.05, 4.69) is 4.98 Å².